The number of rotatable bonds is 4. The summed E-state index contributed by atoms with van der Waals surface area (Å²) in [5.74, 6) is -0.152. The van der Waals surface area contributed by atoms with Crippen LogP contribution < -0.4 is 10.2 Å². The number of piperidine rings is 1. The Morgan fingerprint density at radius 2 is 1.86 bits per heavy atom. The molecule has 11 heteroatoms. The lowest BCUT2D eigenvalue weighted by Crippen LogP contribution is -2.32. The van der Waals surface area contributed by atoms with Crippen molar-refractivity contribution < 1.29 is 21.6 Å². The highest BCUT2D eigenvalue weighted by Gasteiger charge is 2.37. The van der Waals surface area contributed by atoms with Crippen LogP contribution in [0.2, 0.25) is 0 Å². The molecule has 3 rings (SSSR count). The van der Waals surface area contributed by atoms with Crippen molar-refractivity contribution in [3.63, 3.8) is 0 Å². The van der Waals surface area contributed by atoms with Crippen LogP contribution in [0, 0.1) is 6.92 Å². The maximum absolute atomic E-state index is 13.4. The van der Waals surface area contributed by atoms with E-state index in [9.17, 15) is 21.6 Å². The SMILES string of the molecule is Cc1cc(S(=O)(=O)Cl)ccc1Nc1ncc(C(F)(F)F)c(N2CCCCC2)n1. The highest BCUT2D eigenvalue weighted by atomic mass is 35.7. The predicted octanol–water partition coefficient (Wildman–Crippen LogP) is 4.47. The maximum Gasteiger partial charge on any atom is 0.421 e. The fourth-order valence-corrected chi connectivity index (χ4v) is 3.86. The van der Waals surface area contributed by atoms with Gasteiger partial charge >= 0.3 is 6.18 Å². The van der Waals surface area contributed by atoms with Crippen molar-refractivity contribution in [2.75, 3.05) is 23.3 Å². The molecule has 2 heterocycles. The van der Waals surface area contributed by atoms with Gasteiger partial charge < -0.3 is 10.2 Å². The highest BCUT2D eigenvalue weighted by Crippen LogP contribution is 2.37. The van der Waals surface area contributed by atoms with E-state index >= 15 is 0 Å². The first kappa shape index (κ1) is 20.7. The molecule has 152 valence electrons. The molecule has 0 amide bonds. The number of nitrogens with zero attached hydrogens (tertiary/aromatic N) is 3. The Kier molecular flexibility index (Phi) is 5.72. The van der Waals surface area contributed by atoms with Gasteiger partial charge in [-0.25, -0.2) is 13.4 Å². The minimum atomic E-state index is -4.56. The summed E-state index contributed by atoms with van der Waals surface area (Å²) in [4.78, 5) is 9.46. The van der Waals surface area contributed by atoms with Gasteiger partial charge in [0.25, 0.3) is 9.05 Å². The Morgan fingerprint density at radius 1 is 1.18 bits per heavy atom. The third kappa shape index (κ3) is 4.67. The second-order valence-electron chi connectivity index (χ2n) is 6.52. The molecule has 1 saturated heterocycles. The monoisotopic (exact) mass is 434 g/mol. The van der Waals surface area contributed by atoms with Crippen LogP contribution in [0.4, 0.5) is 30.6 Å². The molecule has 1 N–H and O–H groups in total. The zero-order valence-electron chi connectivity index (χ0n) is 14.9. The van der Waals surface area contributed by atoms with Gasteiger partial charge in [0, 0.05) is 35.7 Å². The molecule has 1 aliphatic rings. The Morgan fingerprint density at radius 3 is 2.43 bits per heavy atom. The normalized spacial score (nSPS) is 15.5. The number of alkyl halides is 3. The molecule has 2 aromatic rings. The molecule has 0 spiro atoms. The van der Waals surface area contributed by atoms with E-state index in [1.165, 1.54) is 18.2 Å². The van der Waals surface area contributed by atoms with Gasteiger partial charge in [-0.15, -0.1) is 0 Å². The first-order valence-corrected chi connectivity index (χ1v) is 10.9. The van der Waals surface area contributed by atoms with Crippen LogP contribution in [-0.4, -0.2) is 31.5 Å². The molecule has 1 aliphatic heterocycles. The number of hydrogen-bond donors (Lipinski definition) is 1. The van der Waals surface area contributed by atoms with Crippen LogP contribution in [0.3, 0.4) is 0 Å². The van der Waals surface area contributed by atoms with E-state index in [0.29, 0.717) is 24.3 Å². The molecule has 0 saturated carbocycles. The van der Waals surface area contributed by atoms with Gasteiger partial charge in [-0.05, 0) is 49.9 Å². The Labute approximate surface area is 165 Å². The number of aromatic nitrogens is 2. The van der Waals surface area contributed by atoms with Gasteiger partial charge in [-0.3, -0.25) is 0 Å². The summed E-state index contributed by atoms with van der Waals surface area (Å²) in [6, 6.07) is 4.12. The molecule has 1 fully saturated rings. The van der Waals surface area contributed by atoms with Crippen LogP contribution in [0.5, 0.6) is 0 Å². The van der Waals surface area contributed by atoms with Crippen molar-refractivity contribution in [1.82, 2.24) is 9.97 Å². The van der Waals surface area contributed by atoms with E-state index in [4.69, 9.17) is 10.7 Å². The van der Waals surface area contributed by atoms with E-state index in [-0.39, 0.29) is 16.7 Å². The van der Waals surface area contributed by atoms with Gasteiger partial charge in [0.05, 0.1) is 4.90 Å². The average molecular weight is 435 g/mol. The lowest BCUT2D eigenvalue weighted by molar-refractivity contribution is -0.137. The van der Waals surface area contributed by atoms with Crippen molar-refractivity contribution in [3.05, 3.63) is 35.5 Å². The molecule has 0 radical (unpaired) electrons. The van der Waals surface area contributed by atoms with Gasteiger partial charge in [0.2, 0.25) is 5.95 Å². The second kappa shape index (κ2) is 7.75. The highest BCUT2D eigenvalue weighted by molar-refractivity contribution is 8.13. The Balaban J connectivity index is 1.95. The summed E-state index contributed by atoms with van der Waals surface area (Å²) in [5.41, 5.74) is 0.124. The number of aryl methyl sites for hydroxylation is 1. The lowest BCUT2D eigenvalue weighted by Gasteiger charge is -2.30. The largest absolute Gasteiger partial charge is 0.421 e. The van der Waals surface area contributed by atoms with Crippen LogP contribution in [0.1, 0.15) is 30.4 Å². The number of halogens is 4. The molecule has 1 aromatic carbocycles. The van der Waals surface area contributed by atoms with E-state index in [2.05, 4.69) is 15.3 Å². The van der Waals surface area contributed by atoms with E-state index in [1.807, 2.05) is 0 Å². The van der Waals surface area contributed by atoms with Crippen LogP contribution in [0.15, 0.2) is 29.3 Å². The number of hydrogen-bond acceptors (Lipinski definition) is 6. The van der Waals surface area contributed by atoms with Gasteiger partial charge in [0.15, 0.2) is 0 Å². The standard InChI is InChI=1S/C17H18ClF3N4O2S/c1-11-9-12(28(18,26)27)5-6-14(11)23-16-22-10-13(17(19,20)21)15(24-16)25-7-3-2-4-8-25/h5-6,9-10H,2-4,7-8H2,1H3,(H,22,23,24). The van der Waals surface area contributed by atoms with Crippen LogP contribution >= 0.6 is 10.7 Å². The van der Waals surface area contributed by atoms with Crippen molar-refractivity contribution in [3.8, 4) is 0 Å². The van der Waals surface area contributed by atoms with E-state index in [1.54, 1.807) is 11.8 Å². The average Bonchev–Trinajstić information content (AvgIpc) is 2.62. The van der Waals surface area contributed by atoms with Crippen molar-refractivity contribution in [2.45, 2.75) is 37.3 Å². The summed E-state index contributed by atoms with van der Waals surface area (Å²) in [6.45, 7) is 2.64. The fraction of sp³-hybridized carbons (Fsp3) is 0.412. The van der Waals surface area contributed by atoms with Crippen molar-refractivity contribution in [1.29, 1.82) is 0 Å². The number of anilines is 3. The third-order valence-electron chi connectivity index (χ3n) is 4.46. The number of benzene rings is 1. The summed E-state index contributed by atoms with van der Waals surface area (Å²) in [6.07, 6.45) is -1.21. The topological polar surface area (TPSA) is 75.2 Å². The van der Waals surface area contributed by atoms with Gasteiger partial charge in [-0.2, -0.15) is 18.2 Å². The minimum absolute atomic E-state index is 0.00171. The summed E-state index contributed by atoms with van der Waals surface area (Å²) >= 11 is 0. The Bertz CT molecular complexity index is 977. The zero-order valence-corrected chi connectivity index (χ0v) is 16.5. The first-order valence-electron chi connectivity index (χ1n) is 8.57. The zero-order chi connectivity index (χ0) is 20.5. The molecular weight excluding hydrogens is 417 g/mol. The number of nitrogens with one attached hydrogen (secondary N) is 1. The third-order valence-corrected chi connectivity index (χ3v) is 5.81. The summed E-state index contributed by atoms with van der Waals surface area (Å²) < 4.78 is 63.0. The molecule has 1 aromatic heterocycles. The molecular formula is C17H18ClF3N4O2S. The summed E-state index contributed by atoms with van der Waals surface area (Å²) in [7, 11) is 1.45. The maximum atomic E-state index is 13.4. The van der Waals surface area contributed by atoms with Crippen molar-refractivity contribution in [2.24, 2.45) is 0 Å². The predicted molar refractivity (Wildman–Crippen MR) is 101 cm³/mol. The smallest absolute Gasteiger partial charge is 0.356 e. The van der Waals surface area contributed by atoms with E-state index < -0.39 is 20.8 Å². The Hall–Kier alpha value is -2.07. The molecule has 0 aliphatic carbocycles. The quantitative estimate of drug-likeness (QED) is 0.716. The van der Waals surface area contributed by atoms with Crippen molar-refractivity contribution >= 4 is 37.2 Å². The summed E-state index contributed by atoms with van der Waals surface area (Å²) in [5, 5.41) is 2.85. The van der Waals surface area contributed by atoms with E-state index in [0.717, 1.165) is 25.5 Å². The fourth-order valence-electron chi connectivity index (χ4n) is 3.03. The van der Waals surface area contributed by atoms with Crippen LogP contribution in [-0.2, 0) is 15.2 Å². The second-order valence-corrected chi connectivity index (χ2v) is 9.08. The van der Waals surface area contributed by atoms with Gasteiger partial charge in [0.1, 0.15) is 11.4 Å². The molecule has 28 heavy (non-hydrogen) atoms. The minimum Gasteiger partial charge on any atom is -0.356 e. The molecule has 0 unspecified atom stereocenters. The lowest BCUT2D eigenvalue weighted by atomic mass is 10.1. The van der Waals surface area contributed by atoms with Gasteiger partial charge in [-0.1, -0.05) is 0 Å². The van der Waals surface area contributed by atoms with Crippen LogP contribution in [0.25, 0.3) is 0 Å². The molecule has 6 nitrogen and oxygen atoms in total. The molecule has 0 bridgehead atoms. The molecule has 0 atom stereocenters. The first-order chi connectivity index (χ1) is 13.1.